The average molecular weight is 274 g/mol. The summed E-state index contributed by atoms with van der Waals surface area (Å²) in [6.45, 7) is 4.37. The Bertz CT molecular complexity index is 752. The molecule has 2 aromatic carbocycles. The van der Waals surface area contributed by atoms with E-state index in [0.29, 0.717) is 0 Å². The van der Waals surface area contributed by atoms with E-state index in [0.717, 1.165) is 5.75 Å². The van der Waals surface area contributed by atoms with Crippen LogP contribution in [0.1, 0.15) is 18.1 Å². The van der Waals surface area contributed by atoms with Crippen LogP contribution in [0.4, 0.5) is 0 Å². The molecule has 21 heavy (non-hydrogen) atoms. The van der Waals surface area contributed by atoms with Crippen molar-refractivity contribution in [3.63, 3.8) is 0 Å². The molecule has 2 atom stereocenters. The predicted molar refractivity (Wildman–Crippen MR) is 86.7 cm³/mol. The van der Waals surface area contributed by atoms with Crippen LogP contribution in [0.5, 0.6) is 5.75 Å². The largest absolute Gasteiger partial charge is 0.485 e. The molecule has 0 aromatic heterocycles. The highest BCUT2D eigenvalue weighted by Gasteiger charge is 2.43. The number of ether oxygens (including phenoxy) is 1. The van der Waals surface area contributed by atoms with E-state index in [1.165, 1.54) is 22.3 Å². The Morgan fingerprint density at radius 2 is 1.71 bits per heavy atom. The van der Waals surface area contributed by atoms with Crippen LogP contribution in [0.3, 0.4) is 0 Å². The summed E-state index contributed by atoms with van der Waals surface area (Å²) in [5.41, 5.74) is 5.03. The van der Waals surface area contributed by atoms with Crippen molar-refractivity contribution < 1.29 is 4.74 Å². The van der Waals surface area contributed by atoms with Gasteiger partial charge in [-0.3, -0.25) is 0 Å². The van der Waals surface area contributed by atoms with Crippen LogP contribution in [0, 0.1) is 6.92 Å². The van der Waals surface area contributed by atoms with Gasteiger partial charge in [0, 0.05) is 5.56 Å². The summed E-state index contributed by atoms with van der Waals surface area (Å²) in [4.78, 5) is 0. The van der Waals surface area contributed by atoms with E-state index in [2.05, 4.69) is 80.6 Å². The molecule has 0 fully saturated rings. The third-order valence-corrected chi connectivity index (χ3v) is 4.63. The Hall–Kier alpha value is -2.28. The first-order valence-electron chi connectivity index (χ1n) is 7.41. The van der Waals surface area contributed by atoms with Crippen molar-refractivity contribution in [1.82, 2.24) is 0 Å². The summed E-state index contributed by atoms with van der Waals surface area (Å²) >= 11 is 0. The molecule has 0 saturated heterocycles. The van der Waals surface area contributed by atoms with Crippen LogP contribution in [-0.2, 0) is 5.41 Å². The van der Waals surface area contributed by atoms with Gasteiger partial charge in [0.15, 0.2) is 0 Å². The summed E-state index contributed by atoms with van der Waals surface area (Å²) in [7, 11) is 0. The monoisotopic (exact) mass is 274 g/mol. The van der Waals surface area contributed by atoms with Crippen LogP contribution >= 0.6 is 0 Å². The summed E-state index contributed by atoms with van der Waals surface area (Å²) in [6, 6.07) is 15.2. The Labute approximate surface area is 125 Å². The molecular formula is C20H18O. The molecule has 0 saturated carbocycles. The SMILES string of the molecule is Cc1ccc(-c2ccc3c(c2)C2(C)C=CC=CC2O3)cc1. The van der Waals surface area contributed by atoms with Gasteiger partial charge in [-0.2, -0.15) is 0 Å². The minimum atomic E-state index is -0.0508. The second-order valence-electron chi connectivity index (χ2n) is 6.14. The van der Waals surface area contributed by atoms with E-state index < -0.39 is 0 Å². The lowest BCUT2D eigenvalue weighted by Gasteiger charge is -2.27. The van der Waals surface area contributed by atoms with Gasteiger partial charge in [0.25, 0.3) is 0 Å². The zero-order chi connectivity index (χ0) is 14.4. The van der Waals surface area contributed by atoms with Crippen molar-refractivity contribution in [3.8, 4) is 16.9 Å². The lowest BCUT2D eigenvalue weighted by atomic mass is 9.76. The van der Waals surface area contributed by atoms with Crippen molar-refractivity contribution in [2.24, 2.45) is 0 Å². The molecule has 0 spiro atoms. The van der Waals surface area contributed by atoms with Gasteiger partial charge < -0.3 is 4.74 Å². The van der Waals surface area contributed by atoms with Crippen molar-refractivity contribution in [1.29, 1.82) is 0 Å². The Morgan fingerprint density at radius 3 is 2.52 bits per heavy atom. The summed E-state index contributed by atoms with van der Waals surface area (Å²) in [5.74, 6) is 1.01. The van der Waals surface area contributed by atoms with Gasteiger partial charge >= 0.3 is 0 Å². The lowest BCUT2D eigenvalue weighted by Crippen LogP contribution is -2.32. The molecule has 1 aliphatic heterocycles. The van der Waals surface area contributed by atoms with Gasteiger partial charge in [-0.05, 0) is 43.2 Å². The molecule has 0 N–H and O–H groups in total. The number of allylic oxidation sites excluding steroid dienone is 2. The molecule has 1 heteroatoms. The first kappa shape index (κ1) is 12.5. The molecule has 2 unspecified atom stereocenters. The average Bonchev–Trinajstić information content (AvgIpc) is 2.80. The molecule has 1 nitrogen and oxygen atoms in total. The maximum Gasteiger partial charge on any atom is 0.130 e. The summed E-state index contributed by atoms with van der Waals surface area (Å²) < 4.78 is 6.09. The smallest absolute Gasteiger partial charge is 0.130 e. The standard InChI is InChI=1S/C20H18O/c1-14-6-8-15(9-7-14)16-10-11-18-17(13-16)20(2)12-4-3-5-19(20)21-18/h3-13,19H,1-2H3. The van der Waals surface area contributed by atoms with Crippen molar-refractivity contribution in [3.05, 3.63) is 77.9 Å². The predicted octanol–water partition coefficient (Wildman–Crippen LogP) is 4.81. The quantitative estimate of drug-likeness (QED) is 0.725. The van der Waals surface area contributed by atoms with E-state index in [1.54, 1.807) is 0 Å². The number of hydrogen-bond donors (Lipinski definition) is 0. The fourth-order valence-corrected chi connectivity index (χ4v) is 3.24. The van der Waals surface area contributed by atoms with E-state index in [4.69, 9.17) is 4.74 Å². The highest BCUT2D eigenvalue weighted by Crippen LogP contribution is 2.47. The van der Waals surface area contributed by atoms with E-state index in [9.17, 15) is 0 Å². The van der Waals surface area contributed by atoms with Gasteiger partial charge in [-0.15, -0.1) is 0 Å². The van der Waals surface area contributed by atoms with E-state index in [1.807, 2.05) is 0 Å². The van der Waals surface area contributed by atoms with Crippen molar-refractivity contribution in [2.45, 2.75) is 25.4 Å². The minimum Gasteiger partial charge on any atom is -0.485 e. The Morgan fingerprint density at radius 1 is 0.952 bits per heavy atom. The molecule has 0 amide bonds. The van der Waals surface area contributed by atoms with Gasteiger partial charge in [-0.25, -0.2) is 0 Å². The van der Waals surface area contributed by atoms with Crippen LogP contribution in [0.25, 0.3) is 11.1 Å². The summed E-state index contributed by atoms with van der Waals surface area (Å²) in [5, 5.41) is 0. The van der Waals surface area contributed by atoms with Crippen LogP contribution in [-0.4, -0.2) is 6.10 Å². The van der Waals surface area contributed by atoms with Gasteiger partial charge in [0.1, 0.15) is 11.9 Å². The van der Waals surface area contributed by atoms with E-state index in [-0.39, 0.29) is 11.5 Å². The topological polar surface area (TPSA) is 9.23 Å². The molecule has 0 bridgehead atoms. The molecule has 104 valence electrons. The number of hydrogen-bond acceptors (Lipinski definition) is 1. The Balaban J connectivity index is 1.82. The lowest BCUT2D eigenvalue weighted by molar-refractivity contribution is 0.228. The summed E-state index contributed by atoms with van der Waals surface area (Å²) in [6.07, 6.45) is 8.70. The molecule has 1 aliphatic carbocycles. The van der Waals surface area contributed by atoms with Crippen LogP contribution in [0.2, 0.25) is 0 Å². The van der Waals surface area contributed by atoms with Crippen molar-refractivity contribution in [2.75, 3.05) is 0 Å². The van der Waals surface area contributed by atoms with Gasteiger partial charge in [0.2, 0.25) is 0 Å². The third-order valence-electron chi connectivity index (χ3n) is 4.63. The van der Waals surface area contributed by atoms with Crippen LogP contribution < -0.4 is 4.74 Å². The molecule has 0 radical (unpaired) electrons. The van der Waals surface area contributed by atoms with Gasteiger partial charge in [0.05, 0.1) is 5.41 Å². The van der Waals surface area contributed by atoms with Gasteiger partial charge in [-0.1, -0.05) is 54.1 Å². The normalized spacial score (nSPS) is 25.3. The second kappa shape index (κ2) is 4.36. The first-order chi connectivity index (χ1) is 10.2. The van der Waals surface area contributed by atoms with Crippen molar-refractivity contribution >= 4 is 0 Å². The van der Waals surface area contributed by atoms with Crippen LogP contribution in [0.15, 0.2) is 66.8 Å². The first-order valence-corrected chi connectivity index (χ1v) is 7.41. The second-order valence-corrected chi connectivity index (χ2v) is 6.14. The highest BCUT2D eigenvalue weighted by atomic mass is 16.5. The zero-order valence-corrected chi connectivity index (χ0v) is 12.3. The maximum atomic E-state index is 6.09. The molecular weight excluding hydrogens is 256 g/mol. The highest BCUT2D eigenvalue weighted by molar-refractivity contribution is 5.68. The maximum absolute atomic E-state index is 6.09. The number of fused-ring (bicyclic) bond motifs is 3. The fourth-order valence-electron chi connectivity index (χ4n) is 3.24. The minimum absolute atomic E-state index is 0.0508. The molecule has 4 rings (SSSR count). The number of aryl methyl sites for hydroxylation is 1. The number of benzene rings is 2. The fraction of sp³-hybridized carbons (Fsp3) is 0.200. The molecule has 1 heterocycles. The molecule has 2 aliphatic rings. The van der Waals surface area contributed by atoms with E-state index >= 15 is 0 Å². The third kappa shape index (κ3) is 1.84. The molecule has 2 aromatic rings. The Kier molecular flexibility index (Phi) is 2.58. The number of rotatable bonds is 1. The zero-order valence-electron chi connectivity index (χ0n) is 12.3.